The highest BCUT2D eigenvalue weighted by Crippen LogP contribution is 2.21. The van der Waals surface area contributed by atoms with Crippen LogP contribution in [0.2, 0.25) is 0 Å². The zero-order chi connectivity index (χ0) is 12.8. The van der Waals surface area contributed by atoms with E-state index in [1.54, 1.807) is 23.9 Å². The van der Waals surface area contributed by atoms with Gasteiger partial charge in [0.05, 0.1) is 12.3 Å². The molecule has 2 aromatic rings. The maximum Gasteiger partial charge on any atom is 0.142 e. The van der Waals surface area contributed by atoms with Crippen molar-refractivity contribution < 1.29 is 9.13 Å². The number of hydrogen-bond acceptors (Lipinski definition) is 3. The maximum absolute atomic E-state index is 12.7. The first-order valence-electron chi connectivity index (χ1n) is 5.61. The molecule has 4 heteroatoms. The molecule has 2 nitrogen and oxygen atoms in total. The molecule has 2 rings (SSSR count). The van der Waals surface area contributed by atoms with Crippen molar-refractivity contribution in [2.24, 2.45) is 0 Å². The fourth-order valence-corrected chi connectivity index (χ4v) is 2.18. The minimum absolute atomic E-state index is 0.215. The lowest BCUT2D eigenvalue weighted by molar-refractivity contribution is 0.346. The van der Waals surface area contributed by atoms with E-state index in [-0.39, 0.29) is 5.82 Å². The Morgan fingerprint density at radius 3 is 2.50 bits per heavy atom. The normalized spacial score (nSPS) is 10.3. The summed E-state index contributed by atoms with van der Waals surface area (Å²) in [5.41, 5.74) is 6.40. The number of rotatable bonds is 5. The maximum atomic E-state index is 12.7. The van der Waals surface area contributed by atoms with Gasteiger partial charge in [0, 0.05) is 10.6 Å². The Morgan fingerprint density at radius 2 is 1.78 bits per heavy atom. The van der Waals surface area contributed by atoms with Gasteiger partial charge in [0.15, 0.2) is 0 Å². The lowest BCUT2D eigenvalue weighted by Crippen LogP contribution is -2.02. The van der Waals surface area contributed by atoms with Gasteiger partial charge in [-0.3, -0.25) is 0 Å². The van der Waals surface area contributed by atoms with Gasteiger partial charge in [-0.2, -0.15) is 0 Å². The Balaban J connectivity index is 1.76. The number of ether oxygens (including phenoxy) is 1. The quantitative estimate of drug-likeness (QED) is 0.509. The molecular weight excluding hydrogens is 249 g/mol. The van der Waals surface area contributed by atoms with Crippen LogP contribution in [-0.4, -0.2) is 12.4 Å². The number of halogens is 1. The molecule has 0 aliphatic heterocycles. The Labute approximate surface area is 110 Å². The molecule has 94 valence electrons. The highest BCUT2D eigenvalue weighted by molar-refractivity contribution is 7.99. The van der Waals surface area contributed by atoms with E-state index in [1.165, 1.54) is 12.1 Å². The van der Waals surface area contributed by atoms with Crippen molar-refractivity contribution in [1.82, 2.24) is 0 Å². The van der Waals surface area contributed by atoms with Crippen molar-refractivity contribution in [1.29, 1.82) is 0 Å². The molecule has 2 aromatic carbocycles. The fraction of sp³-hybridized carbons (Fsp3) is 0.143. The van der Waals surface area contributed by atoms with Gasteiger partial charge in [0.25, 0.3) is 0 Å². The van der Waals surface area contributed by atoms with Crippen LogP contribution in [0.5, 0.6) is 5.75 Å². The van der Waals surface area contributed by atoms with E-state index < -0.39 is 0 Å². The van der Waals surface area contributed by atoms with Gasteiger partial charge in [-0.15, -0.1) is 11.8 Å². The second-order valence-corrected chi connectivity index (χ2v) is 4.86. The topological polar surface area (TPSA) is 35.2 Å². The average molecular weight is 263 g/mol. The van der Waals surface area contributed by atoms with Crippen molar-refractivity contribution in [2.75, 3.05) is 18.1 Å². The van der Waals surface area contributed by atoms with Crippen LogP contribution >= 0.6 is 11.8 Å². The largest absolute Gasteiger partial charge is 0.491 e. The van der Waals surface area contributed by atoms with Crippen molar-refractivity contribution in [2.45, 2.75) is 4.90 Å². The van der Waals surface area contributed by atoms with Gasteiger partial charge in [0.1, 0.15) is 11.6 Å². The summed E-state index contributed by atoms with van der Waals surface area (Å²) in [5.74, 6) is 1.28. The van der Waals surface area contributed by atoms with E-state index in [1.807, 2.05) is 24.3 Å². The predicted octanol–water partition coefficient (Wildman–Crippen LogP) is 3.58. The summed E-state index contributed by atoms with van der Waals surface area (Å²) in [4.78, 5) is 1.03. The van der Waals surface area contributed by atoms with E-state index in [9.17, 15) is 4.39 Å². The summed E-state index contributed by atoms with van der Waals surface area (Å²) in [5, 5.41) is 0. The molecule has 0 fully saturated rings. The molecule has 0 atom stereocenters. The predicted molar refractivity (Wildman–Crippen MR) is 73.5 cm³/mol. The zero-order valence-corrected chi connectivity index (χ0v) is 10.6. The summed E-state index contributed by atoms with van der Waals surface area (Å²) >= 11 is 1.62. The van der Waals surface area contributed by atoms with Gasteiger partial charge in [0.2, 0.25) is 0 Å². The third-order valence-electron chi connectivity index (χ3n) is 2.34. The number of benzene rings is 2. The standard InChI is InChI=1S/C14H14FNOS/c15-11-5-7-12(8-6-11)18-10-9-17-14-4-2-1-3-13(14)16/h1-8H,9-10,16H2. The van der Waals surface area contributed by atoms with E-state index in [0.717, 1.165) is 10.6 Å². The van der Waals surface area contributed by atoms with Gasteiger partial charge in [-0.05, 0) is 36.4 Å². The van der Waals surface area contributed by atoms with Crippen molar-refractivity contribution in [3.05, 3.63) is 54.3 Å². The molecule has 2 N–H and O–H groups in total. The average Bonchev–Trinajstić information content (AvgIpc) is 2.39. The van der Waals surface area contributed by atoms with E-state index in [2.05, 4.69) is 0 Å². The molecule has 0 aromatic heterocycles. The van der Waals surface area contributed by atoms with Crippen LogP contribution in [0.3, 0.4) is 0 Å². The second kappa shape index (κ2) is 6.31. The first-order chi connectivity index (χ1) is 8.75. The molecule has 0 spiro atoms. The summed E-state index contributed by atoms with van der Waals surface area (Å²) in [6, 6.07) is 13.8. The molecule has 0 radical (unpaired) electrons. The van der Waals surface area contributed by atoms with E-state index in [4.69, 9.17) is 10.5 Å². The Kier molecular flexibility index (Phi) is 4.47. The summed E-state index contributed by atoms with van der Waals surface area (Å²) in [6.45, 7) is 0.566. The van der Waals surface area contributed by atoms with Crippen molar-refractivity contribution in [3.8, 4) is 5.75 Å². The third kappa shape index (κ3) is 3.67. The monoisotopic (exact) mass is 263 g/mol. The van der Waals surface area contributed by atoms with E-state index >= 15 is 0 Å². The first kappa shape index (κ1) is 12.8. The molecule has 18 heavy (non-hydrogen) atoms. The van der Waals surface area contributed by atoms with Gasteiger partial charge < -0.3 is 10.5 Å². The molecule has 0 unspecified atom stereocenters. The van der Waals surface area contributed by atoms with Crippen molar-refractivity contribution >= 4 is 17.4 Å². The Bertz CT molecular complexity index is 501. The Hall–Kier alpha value is -1.68. The minimum atomic E-state index is -0.215. The zero-order valence-electron chi connectivity index (χ0n) is 9.80. The van der Waals surface area contributed by atoms with Crippen LogP contribution in [0.25, 0.3) is 0 Å². The van der Waals surface area contributed by atoms with Crippen LogP contribution in [0.15, 0.2) is 53.4 Å². The van der Waals surface area contributed by atoms with Crippen LogP contribution in [0.1, 0.15) is 0 Å². The molecule has 0 saturated carbocycles. The summed E-state index contributed by atoms with van der Waals surface area (Å²) < 4.78 is 18.3. The number of para-hydroxylation sites is 2. The number of hydrogen-bond donors (Lipinski definition) is 1. The molecule has 0 aliphatic rings. The highest BCUT2D eigenvalue weighted by Gasteiger charge is 1.99. The number of anilines is 1. The van der Waals surface area contributed by atoms with Gasteiger partial charge in [-0.1, -0.05) is 12.1 Å². The minimum Gasteiger partial charge on any atom is -0.491 e. The first-order valence-corrected chi connectivity index (χ1v) is 6.60. The number of thioether (sulfide) groups is 1. The van der Waals surface area contributed by atoms with Crippen LogP contribution in [0.4, 0.5) is 10.1 Å². The fourth-order valence-electron chi connectivity index (χ4n) is 1.45. The van der Waals surface area contributed by atoms with Gasteiger partial charge in [-0.25, -0.2) is 4.39 Å². The molecule has 0 amide bonds. The summed E-state index contributed by atoms with van der Waals surface area (Å²) in [7, 11) is 0. The van der Waals surface area contributed by atoms with Crippen molar-refractivity contribution in [3.63, 3.8) is 0 Å². The van der Waals surface area contributed by atoms with Gasteiger partial charge >= 0.3 is 0 Å². The molecule has 0 aliphatic carbocycles. The summed E-state index contributed by atoms with van der Waals surface area (Å²) in [6.07, 6.45) is 0. The SMILES string of the molecule is Nc1ccccc1OCCSc1ccc(F)cc1. The van der Waals surface area contributed by atoms with E-state index in [0.29, 0.717) is 18.0 Å². The molecule has 0 saturated heterocycles. The van der Waals surface area contributed by atoms with Crippen LogP contribution in [0, 0.1) is 5.82 Å². The lowest BCUT2D eigenvalue weighted by Gasteiger charge is -2.08. The molecule has 0 heterocycles. The number of nitrogen functional groups attached to an aromatic ring is 1. The molecule has 0 bridgehead atoms. The smallest absolute Gasteiger partial charge is 0.142 e. The Morgan fingerprint density at radius 1 is 1.06 bits per heavy atom. The highest BCUT2D eigenvalue weighted by atomic mass is 32.2. The van der Waals surface area contributed by atoms with Crippen LogP contribution in [-0.2, 0) is 0 Å². The lowest BCUT2D eigenvalue weighted by atomic mass is 10.3. The second-order valence-electron chi connectivity index (χ2n) is 3.69. The third-order valence-corrected chi connectivity index (χ3v) is 3.32. The molecular formula is C14H14FNOS. The number of nitrogens with two attached hydrogens (primary N) is 1. The van der Waals surface area contributed by atoms with Crippen LogP contribution < -0.4 is 10.5 Å².